The first kappa shape index (κ1) is 52.9. The van der Waals surface area contributed by atoms with Crippen LogP contribution < -0.4 is 0 Å². The van der Waals surface area contributed by atoms with E-state index in [9.17, 15) is 24.2 Å². The van der Waals surface area contributed by atoms with E-state index < -0.39 is 51.8 Å². The lowest BCUT2D eigenvalue weighted by molar-refractivity contribution is -0.161. The number of esters is 2. The predicted octanol–water partition coefficient (Wildman–Crippen LogP) is 11.3. The third-order valence-corrected chi connectivity index (χ3v) is 9.92. The second-order valence-corrected chi connectivity index (χ2v) is 15.8. The number of aliphatic hydroxyl groups is 2. The Labute approximate surface area is 334 Å². The lowest BCUT2D eigenvalue weighted by Gasteiger charge is -2.20. The topological polar surface area (TPSA) is 149 Å². The van der Waals surface area contributed by atoms with Gasteiger partial charge in [-0.1, -0.05) is 146 Å². The Morgan fingerprint density at radius 1 is 0.564 bits per heavy atom. The van der Waals surface area contributed by atoms with E-state index >= 15 is 0 Å². The van der Waals surface area contributed by atoms with Crippen molar-refractivity contribution in [1.82, 2.24) is 0 Å². The predicted molar refractivity (Wildman–Crippen MR) is 224 cm³/mol. The number of hydrogen-bond donors (Lipinski definition) is 3. The molecule has 320 valence electrons. The van der Waals surface area contributed by atoms with Gasteiger partial charge in [0.15, 0.2) is 6.10 Å². The number of hydrogen-bond acceptors (Lipinski definition) is 9. The van der Waals surface area contributed by atoms with Gasteiger partial charge in [0.05, 0.1) is 19.8 Å². The van der Waals surface area contributed by atoms with Crippen molar-refractivity contribution >= 4 is 19.8 Å². The lowest BCUT2D eigenvalue weighted by atomic mass is 10.1. The van der Waals surface area contributed by atoms with Gasteiger partial charge in [0.1, 0.15) is 12.7 Å². The first-order valence-corrected chi connectivity index (χ1v) is 23.1. The molecule has 1 unspecified atom stereocenters. The van der Waals surface area contributed by atoms with Crippen LogP contribution in [0.5, 0.6) is 0 Å². The maximum absolute atomic E-state index is 12.6. The molecule has 0 fully saturated rings. The Morgan fingerprint density at radius 2 is 1.00 bits per heavy atom. The number of rotatable bonds is 40. The summed E-state index contributed by atoms with van der Waals surface area (Å²) in [5.41, 5.74) is 0. The van der Waals surface area contributed by atoms with Crippen molar-refractivity contribution in [2.75, 3.05) is 26.4 Å². The van der Waals surface area contributed by atoms with Gasteiger partial charge in [-0.15, -0.1) is 0 Å². The fourth-order valence-electron chi connectivity index (χ4n) is 5.65. The summed E-state index contributed by atoms with van der Waals surface area (Å²) in [4.78, 5) is 35.0. The number of allylic oxidation sites excluding steroid dienone is 8. The molecule has 0 aromatic rings. The van der Waals surface area contributed by atoms with Gasteiger partial charge in [-0.05, 0) is 70.6 Å². The van der Waals surface area contributed by atoms with Crippen LogP contribution in [-0.2, 0) is 32.7 Å². The van der Waals surface area contributed by atoms with Crippen molar-refractivity contribution in [1.29, 1.82) is 0 Å². The number of phosphoric ester groups is 1. The molecular formula is C44H79O10P. The molecule has 0 amide bonds. The zero-order valence-electron chi connectivity index (χ0n) is 34.6. The molecule has 0 heterocycles. The Bertz CT molecular complexity index is 1060. The maximum atomic E-state index is 12.6. The Morgan fingerprint density at radius 3 is 1.53 bits per heavy atom. The molecule has 0 aliphatic rings. The third kappa shape index (κ3) is 39.9. The molecule has 0 saturated carbocycles. The number of carbonyl (C=O) groups excluding carboxylic acids is 2. The van der Waals surface area contributed by atoms with Crippen LogP contribution in [0.4, 0.5) is 0 Å². The highest BCUT2D eigenvalue weighted by atomic mass is 31.2. The summed E-state index contributed by atoms with van der Waals surface area (Å²) < 4.78 is 32.7. The molecule has 0 aromatic heterocycles. The summed E-state index contributed by atoms with van der Waals surface area (Å²) in [5.74, 6) is -0.950. The lowest BCUT2D eigenvalue weighted by Crippen LogP contribution is -2.29. The van der Waals surface area contributed by atoms with Gasteiger partial charge in [0, 0.05) is 12.8 Å². The fraction of sp³-hybridized carbons (Fsp3) is 0.773. The molecule has 10 nitrogen and oxygen atoms in total. The van der Waals surface area contributed by atoms with Gasteiger partial charge in [0.25, 0.3) is 0 Å². The minimum atomic E-state index is -4.62. The van der Waals surface area contributed by atoms with Crippen LogP contribution in [0.2, 0.25) is 0 Å². The van der Waals surface area contributed by atoms with E-state index in [0.717, 1.165) is 77.0 Å². The molecule has 0 rings (SSSR count). The smallest absolute Gasteiger partial charge is 0.462 e. The molecule has 11 heteroatoms. The molecule has 3 N–H and O–H groups in total. The zero-order valence-corrected chi connectivity index (χ0v) is 35.5. The Hall–Kier alpha value is -2.07. The highest BCUT2D eigenvalue weighted by Crippen LogP contribution is 2.43. The SMILES string of the molecule is CC/C=C\C/C=C\C/C=C\CCCCCCCC(=O)O[C@H](COC(=O)CCCCCCCCC/C=C\CCCCCCCC)COP(=O)(O)OC[C@@H](O)CO. The van der Waals surface area contributed by atoms with Crippen LogP contribution in [-0.4, -0.2) is 65.7 Å². The van der Waals surface area contributed by atoms with Crippen LogP contribution in [0.3, 0.4) is 0 Å². The first-order chi connectivity index (χ1) is 26.7. The molecule has 0 radical (unpaired) electrons. The molecule has 0 aliphatic carbocycles. The number of aliphatic hydroxyl groups excluding tert-OH is 2. The van der Waals surface area contributed by atoms with Crippen LogP contribution in [0.25, 0.3) is 0 Å². The van der Waals surface area contributed by atoms with Crippen molar-refractivity contribution in [2.24, 2.45) is 0 Å². The van der Waals surface area contributed by atoms with E-state index in [2.05, 4.69) is 67.0 Å². The molecule has 0 bridgehead atoms. The maximum Gasteiger partial charge on any atom is 0.472 e. The standard InChI is InChI=1S/C44H79O10P/c1-3-5-7-9-11-13-15-17-19-20-22-23-25-27-29-31-33-35-43(47)51-39-42(40-53-55(49,50)52-38-41(46)37-45)54-44(48)36-34-32-30-28-26-24-21-18-16-14-12-10-8-6-4-2/h6,8,12,14,17-19,21,41-42,45-46H,3-5,7,9-11,13,15-16,20,22-40H2,1-2H3,(H,49,50)/b8-6-,14-12-,19-17-,21-18-/t41-,42+/m0/s1. The number of unbranched alkanes of at least 4 members (excludes halogenated alkanes) is 18. The van der Waals surface area contributed by atoms with Crippen molar-refractivity contribution in [3.05, 3.63) is 48.6 Å². The van der Waals surface area contributed by atoms with Crippen molar-refractivity contribution in [3.63, 3.8) is 0 Å². The second kappa shape index (κ2) is 40.1. The van der Waals surface area contributed by atoms with Gasteiger partial charge < -0.3 is 24.6 Å². The van der Waals surface area contributed by atoms with Gasteiger partial charge in [-0.2, -0.15) is 0 Å². The van der Waals surface area contributed by atoms with Crippen molar-refractivity contribution in [2.45, 2.75) is 193 Å². The van der Waals surface area contributed by atoms with Crippen LogP contribution >= 0.6 is 7.82 Å². The summed E-state index contributed by atoms with van der Waals surface area (Å²) in [5, 5.41) is 18.3. The number of carbonyl (C=O) groups is 2. The second-order valence-electron chi connectivity index (χ2n) is 14.3. The van der Waals surface area contributed by atoms with Crippen molar-refractivity contribution < 1.29 is 47.8 Å². The molecule has 0 aromatic carbocycles. The Kier molecular flexibility index (Phi) is 38.6. The largest absolute Gasteiger partial charge is 0.472 e. The van der Waals surface area contributed by atoms with Gasteiger partial charge in [0.2, 0.25) is 0 Å². The minimum Gasteiger partial charge on any atom is -0.462 e. The van der Waals surface area contributed by atoms with E-state index in [1.165, 1.54) is 64.2 Å². The summed E-state index contributed by atoms with van der Waals surface area (Å²) in [6.07, 6.45) is 42.2. The molecular weight excluding hydrogens is 719 g/mol. The van der Waals surface area contributed by atoms with Crippen molar-refractivity contribution in [3.8, 4) is 0 Å². The number of ether oxygens (including phenoxy) is 2. The molecule has 55 heavy (non-hydrogen) atoms. The van der Waals surface area contributed by atoms with Gasteiger partial charge >= 0.3 is 19.8 Å². The quantitative estimate of drug-likeness (QED) is 0.0237. The van der Waals surface area contributed by atoms with E-state index in [0.29, 0.717) is 12.8 Å². The summed E-state index contributed by atoms with van der Waals surface area (Å²) in [6.45, 7) is 2.24. The third-order valence-electron chi connectivity index (χ3n) is 8.97. The van der Waals surface area contributed by atoms with Crippen LogP contribution in [0.1, 0.15) is 181 Å². The van der Waals surface area contributed by atoms with Crippen LogP contribution in [0.15, 0.2) is 48.6 Å². The zero-order chi connectivity index (χ0) is 40.5. The normalized spacial score (nSPS) is 14.3. The average Bonchev–Trinajstić information content (AvgIpc) is 3.17. The van der Waals surface area contributed by atoms with E-state index in [1.54, 1.807) is 0 Å². The van der Waals surface area contributed by atoms with Gasteiger partial charge in [-0.25, -0.2) is 4.57 Å². The molecule has 0 aliphatic heterocycles. The highest BCUT2D eigenvalue weighted by molar-refractivity contribution is 7.47. The average molecular weight is 799 g/mol. The fourth-order valence-corrected chi connectivity index (χ4v) is 6.44. The van der Waals surface area contributed by atoms with E-state index in [1.807, 2.05) is 0 Å². The number of phosphoric acid groups is 1. The molecule has 3 atom stereocenters. The minimum absolute atomic E-state index is 0.163. The summed E-state index contributed by atoms with van der Waals surface area (Å²) >= 11 is 0. The van der Waals surface area contributed by atoms with Gasteiger partial charge in [-0.3, -0.25) is 18.6 Å². The first-order valence-electron chi connectivity index (χ1n) is 21.6. The Balaban J connectivity index is 4.32. The highest BCUT2D eigenvalue weighted by Gasteiger charge is 2.27. The van der Waals surface area contributed by atoms with E-state index in [4.69, 9.17) is 19.1 Å². The monoisotopic (exact) mass is 799 g/mol. The van der Waals surface area contributed by atoms with Crippen LogP contribution in [0, 0.1) is 0 Å². The van der Waals surface area contributed by atoms with E-state index in [-0.39, 0.29) is 19.4 Å². The molecule has 0 spiro atoms. The summed E-state index contributed by atoms with van der Waals surface area (Å²) in [6, 6.07) is 0. The molecule has 0 saturated heterocycles. The summed E-state index contributed by atoms with van der Waals surface area (Å²) in [7, 11) is -4.62.